The number of sulfonamides is 1. The number of nitrogens with two attached hydrogens (primary N) is 1. The molecule has 1 aromatic heterocycles. The number of pyridine rings is 1. The Labute approximate surface area is 118 Å². The van der Waals surface area contributed by atoms with Crippen LogP contribution in [-0.4, -0.2) is 13.4 Å². The number of aryl methyl sites for hydroxylation is 1. The molecule has 1 unspecified atom stereocenters. The second-order valence-electron chi connectivity index (χ2n) is 4.64. The number of benzene rings is 1. The van der Waals surface area contributed by atoms with Crippen molar-refractivity contribution in [2.75, 3.05) is 5.73 Å². The molecular weight excluding hydrogens is 274 g/mol. The van der Waals surface area contributed by atoms with Crippen LogP contribution in [0.15, 0.2) is 47.6 Å². The molecule has 6 heteroatoms. The Morgan fingerprint density at radius 1 is 1.20 bits per heavy atom. The Balaban J connectivity index is 2.25. The summed E-state index contributed by atoms with van der Waals surface area (Å²) in [6.07, 6.45) is 3.26. The minimum absolute atomic E-state index is 0.168. The molecule has 0 aliphatic carbocycles. The summed E-state index contributed by atoms with van der Waals surface area (Å²) in [7, 11) is -3.60. The number of hydrogen-bond acceptors (Lipinski definition) is 4. The molecule has 0 aliphatic heterocycles. The molecular formula is C14H17N3O2S. The Morgan fingerprint density at radius 3 is 2.45 bits per heavy atom. The molecule has 1 atom stereocenters. The largest absolute Gasteiger partial charge is 0.398 e. The van der Waals surface area contributed by atoms with Crippen LogP contribution in [0.3, 0.4) is 0 Å². The highest BCUT2D eigenvalue weighted by Crippen LogP contribution is 2.20. The van der Waals surface area contributed by atoms with Crippen molar-refractivity contribution in [1.29, 1.82) is 0 Å². The summed E-state index contributed by atoms with van der Waals surface area (Å²) in [6, 6.07) is 7.92. The zero-order valence-electron chi connectivity index (χ0n) is 11.4. The minimum Gasteiger partial charge on any atom is -0.398 e. The molecule has 0 fully saturated rings. The second kappa shape index (κ2) is 5.60. The van der Waals surface area contributed by atoms with E-state index < -0.39 is 10.0 Å². The molecule has 0 amide bonds. The summed E-state index contributed by atoms with van der Waals surface area (Å²) < 4.78 is 27.2. The number of aromatic nitrogens is 1. The monoisotopic (exact) mass is 291 g/mol. The zero-order valence-corrected chi connectivity index (χ0v) is 12.2. The van der Waals surface area contributed by atoms with Gasteiger partial charge in [-0.2, -0.15) is 0 Å². The lowest BCUT2D eigenvalue weighted by Gasteiger charge is -2.15. The summed E-state index contributed by atoms with van der Waals surface area (Å²) in [4.78, 5) is 4.08. The number of nitrogen functional groups attached to an aromatic ring is 1. The van der Waals surface area contributed by atoms with Crippen LogP contribution >= 0.6 is 0 Å². The van der Waals surface area contributed by atoms with Gasteiger partial charge < -0.3 is 5.73 Å². The molecule has 106 valence electrons. The van der Waals surface area contributed by atoms with Crippen molar-refractivity contribution in [3.05, 3.63) is 53.9 Å². The van der Waals surface area contributed by atoms with Crippen LogP contribution in [0, 0.1) is 6.92 Å². The Hall–Kier alpha value is -1.92. The van der Waals surface area contributed by atoms with Crippen LogP contribution in [0.5, 0.6) is 0 Å². The average Bonchev–Trinajstić information content (AvgIpc) is 2.42. The first-order valence-electron chi connectivity index (χ1n) is 6.18. The maximum absolute atomic E-state index is 12.3. The summed E-state index contributed by atoms with van der Waals surface area (Å²) in [5.41, 5.74) is 7.92. The van der Waals surface area contributed by atoms with E-state index in [9.17, 15) is 8.42 Å². The molecule has 20 heavy (non-hydrogen) atoms. The van der Waals surface area contributed by atoms with Gasteiger partial charge in [0.05, 0.1) is 4.90 Å². The van der Waals surface area contributed by atoms with E-state index in [4.69, 9.17) is 5.73 Å². The van der Waals surface area contributed by atoms with Crippen LogP contribution in [-0.2, 0) is 10.0 Å². The van der Waals surface area contributed by atoms with Crippen LogP contribution < -0.4 is 10.5 Å². The highest BCUT2D eigenvalue weighted by molar-refractivity contribution is 7.89. The third kappa shape index (κ3) is 3.15. The maximum Gasteiger partial charge on any atom is 0.241 e. The molecule has 1 aromatic carbocycles. The zero-order chi connectivity index (χ0) is 14.8. The van der Waals surface area contributed by atoms with Crippen LogP contribution in [0.1, 0.15) is 24.1 Å². The van der Waals surface area contributed by atoms with Gasteiger partial charge in [0.2, 0.25) is 10.0 Å². The van der Waals surface area contributed by atoms with Gasteiger partial charge in [-0.15, -0.1) is 0 Å². The van der Waals surface area contributed by atoms with Gasteiger partial charge in [0.15, 0.2) is 0 Å². The Morgan fingerprint density at radius 2 is 1.85 bits per heavy atom. The molecule has 1 heterocycles. The van der Waals surface area contributed by atoms with Crippen molar-refractivity contribution in [2.24, 2.45) is 0 Å². The highest BCUT2D eigenvalue weighted by Gasteiger charge is 2.18. The predicted octanol–water partition coefficient (Wildman–Crippen LogP) is 2.01. The van der Waals surface area contributed by atoms with E-state index in [2.05, 4.69) is 9.71 Å². The average molecular weight is 291 g/mol. The van der Waals surface area contributed by atoms with Crippen molar-refractivity contribution in [3.8, 4) is 0 Å². The topological polar surface area (TPSA) is 85.1 Å². The van der Waals surface area contributed by atoms with E-state index in [0.29, 0.717) is 5.69 Å². The van der Waals surface area contributed by atoms with Crippen molar-refractivity contribution in [2.45, 2.75) is 24.8 Å². The highest BCUT2D eigenvalue weighted by atomic mass is 32.2. The number of hydrogen-bond donors (Lipinski definition) is 2. The van der Waals surface area contributed by atoms with Gasteiger partial charge in [-0.1, -0.05) is 6.07 Å². The molecule has 0 radical (unpaired) electrons. The van der Waals surface area contributed by atoms with E-state index >= 15 is 0 Å². The first-order chi connectivity index (χ1) is 9.40. The van der Waals surface area contributed by atoms with Gasteiger partial charge in [-0.05, 0) is 49.2 Å². The lowest BCUT2D eigenvalue weighted by Crippen LogP contribution is -2.27. The lowest BCUT2D eigenvalue weighted by molar-refractivity contribution is 0.567. The molecule has 0 saturated heterocycles. The molecule has 0 bridgehead atoms. The molecule has 2 rings (SSSR count). The van der Waals surface area contributed by atoms with E-state index in [1.807, 2.05) is 6.92 Å². The van der Waals surface area contributed by atoms with Gasteiger partial charge in [-0.3, -0.25) is 4.98 Å². The van der Waals surface area contributed by atoms with Crippen LogP contribution in [0.2, 0.25) is 0 Å². The maximum atomic E-state index is 12.3. The van der Waals surface area contributed by atoms with Gasteiger partial charge in [0.1, 0.15) is 0 Å². The SMILES string of the molecule is Cc1ccc(S(=O)(=O)NC(C)c2ccncc2)cc1N. The third-order valence-corrected chi connectivity index (χ3v) is 4.64. The fraction of sp³-hybridized carbons (Fsp3) is 0.214. The molecule has 0 spiro atoms. The summed E-state index contributed by atoms with van der Waals surface area (Å²) in [5, 5.41) is 0. The lowest BCUT2D eigenvalue weighted by atomic mass is 10.1. The van der Waals surface area contributed by atoms with E-state index in [-0.39, 0.29) is 10.9 Å². The predicted molar refractivity (Wildman–Crippen MR) is 78.6 cm³/mol. The summed E-state index contributed by atoms with van der Waals surface area (Å²) in [5.74, 6) is 0. The van der Waals surface area contributed by atoms with E-state index in [1.165, 1.54) is 6.07 Å². The first kappa shape index (κ1) is 14.5. The molecule has 0 saturated carbocycles. The number of rotatable bonds is 4. The number of anilines is 1. The number of nitrogens with one attached hydrogen (secondary N) is 1. The minimum atomic E-state index is -3.60. The van der Waals surface area contributed by atoms with Gasteiger partial charge >= 0.3 is 0 Å². The second-order valence-corrected chi connectivity index (χ2v) is 6.36. The van der Waals surface area contributed by atoms with Crippen LogP contribution in [0.25, 0.3) is 0 Å². The van der Waals surface area contributed by atoms with Gasteiger partial charge in [0.25, 0.3) is 0 Å². The molecule has 0 aliphatic rings. The van der Waals surface area contributed by atoms with Crippen molar-refractivity contribution in [1.82, 2.24) is 9.71 Å². The number of nitrogens with zero attached hydrogens (tertiary/aromatic N) is 1. The van der Waals surface area contributed by atoms with E-state index in [1.54, 1.807) is 43.6 Å². The smallest absolute Gasteiger partial charge is 0.241 e. The molecule has 5 nitrogen and oxygen atoms in total. The van der Waals surface area contributed by atoms with E-state index in [0.717, 1.165) is 11.1 Å². The van der Waals surface area contributed by atoms with Gasteiger partial charge in [-0.25, -0.2) is 13.1 Å². The molecule has 3 N–H and O–H groups in total. The van der Waals surface area contributed by atoms with Crippen molar-refractivity contribution < 1.29 is 8.42 Å². The standard InChI is InChI=1S/C14H17N3O2S/c1-10-3-4-13(9-14(10)15)20(18,19)17-11(2)12-5-7-16-8-6-12/h3-9,11,17H,15H2,1-2H3. The quantitative estimate of drug-likeness (QED) is 0.844. The Bertz CT molecular complexity index is 700. The summed E-state index contributed by atoms with van der Waals surface area (Å²) >= 11 is 0. The fourth-order valence-corrected chi connectivity index (χ4v) is 3.07. The molecule has 2 aromatic rings. The summed E-state index contributed by atoms with van der Waals surface area (Å²) in [6.45, 7) is 3.61. The van der Waals surface area contributed by atoms with Crippen molar-refractivity contribution in [3.63, 3.8) is 0 Å². The Kier molecular flexibility index (Phi) is 4.06. The fourth-order valence-electron chi connectivity index (χ4n) is 1.81. The first-order valence-corrected chi connectivity index (χ1v) is 7.67. The third-order valence-electron chi connectivity index (χ3n) is 3.10. The van der Waals surface area contributed by atoms with Crippen molar-refractivity contribution >= 4 is 15.7 Å². The van der Waals surface area contributed by atoms with Gasteiger partial charge in [0, 0.05) is 24.1 Å². The van der Waals surface area contributed by atoms with Crippen LogP contribution in [0.4, 0.5) is 5.69 Å². The normalized spacial score (nSPS) is 13.1.